The van der Waals surface area contributed by atoms with Crippen molar-refractivity contribution < 1.29 is 9.90 Å². The molecule has 0 aliphatic carbocycles. The highest BCUT2D eigenvalue weighted by Crippen LogP contribution is 2.22. The second-order valence-corrected chi connectivity index (χ2v) is 6.20. The number of fused-ring (bicyclic) bond motifs is 1. The minimum absolute atomic E-state index is 0.0474. The molecule has 1 atom stereocenters. The van der Waals surface area contributed by atoms with E-state index in [1.807, 2.05) is 18.2 Å². The zero-order valence-corrected chi connectivity index (χ0v) is 13.5. The number of hydrogen-bond donors (Lipinski definition) is 2. The fourth-order valence-electron chi connectivity index (χ4n) is 3.25. The van der Waals surface area contributed by atoms with Gasteiger partial charge in [0.05, 0.1) is 12.1 Å². The molecule has 0 spiro atoms. The van der Waals surface area contributed by atoms with Crippen LogP contribution in [-0.4, -0.2) is 33.7 Å². The zero-order valence-electron chi connectivity index (χ0n) is 13.5. The van der Waals surface area contributed by atoms with Crippen LogP contribution in [0.5, 0.6) is 0 Å². The highest BCUT2D eigenvalue weighted by Gasteiger charge is 2.23. The fourth-order valence-corrected chi connectivity index (χ4v) is 3.25. The van der Waals surface area contributed by atoms with Crippen molar-refractivity contribution in [2.24, 2.45) is 0 Å². The van der Waals surface area contributed by atoms with Crippen LogP contribution in [0.4, 0.5) is 4.79 Å². The second-order valence-electron chi connectivity index (χ2n) is 6.20. The van der Waals surface area contributed by atoms with E-state index in [9.17, 15) is 9.90 Å². The van der Waals surface area contributed by atoms with E-state index < -0.39 is 6.09 Å². The van der Waals surface area contributed by atoms with Gasteiger partial charge in [-0.1, -0.05) is 18.2 Å². The summed E-state index contributed by atoms with van der Waals surface area (Å²) in [6, 6.07) is 10.4. The predicted molar refractivity (Wildman–Crippen MR) is 93.6 cm³/mol. The van der Waals surface area contributed by atoms with E-state index in [-0.39, 0.29) is 6.04 Å². The minimum atomic E-state index is -0.844. The molecule has 0 bridgehead atoms. The van der Waals surface area contributed by atoms with E-state index in [4.69, 9.17) is 5.26 Å². The Labute approximate surface area is 141 Å². The van der Waals surface area contributed by atoms with Crippen LogP contribution in [0.25, 0.3) is 17.0 Å². The number of rotatable bonds is 4. The van der Waals surface area contributed by atoms with Crippen LogP contribution in [0.1, 0.15) is 36.9 Å². The molecular formula is C19H21N3O2. The Balaban J connectivity index is 1.77. The molecule has 2 aromatic rings. The number of H-pyrrole nitrogens is 1. The SMILES string of the molecule is N#CCCc1ccc2cc(C=C[C@@H]3CCCCN3C(=O)O)[nH]c2c1. The number of hydrogen-bond acceptors (Lipinski definition) is 2. The lowest BCUT2D eigenvalue weighted by Crippen LogP contribution is -2.41. The molecular weight excluding hydrogens is 302 g/mol. The van der Waals surface area contributed by atoms with Crippen molar-refractivity contribution in [3.8, 4) is 6.07 Å². The third-order valence-electron chi connectivity index (χ3n) is 4.53. The summed E-state index contributed by atoms with van der Waals surface area (Å²) >= 11 is 0. The summed E-state index contributed by atoms with van der Waals surface area (Å²) in [6.07, 6.45) is 7.26. The van der Waals surface area contributed by atoms with Gasteiger partial charge in [0, 0.05) is 24.2 Å². The number of piperidine rings is 1. The number of carbonyl (C=O) groups is 1. The van der Waals surface area contributed by atoms with Crippen LogP contribution in [0, 0.1) is 11.3 Å². The van der Waals surface area contributed by atoms with Gasteiger partial charge in [-0.25, -0.2) is 4.79 Å². The average Bonchev–Trinajstić information content (AvgIpc) is 3.00. The number of amides is 1. The molecule has 1 aliphatic heterocycles. The van der Waals surface area contributed by atoms with Gasteiger partial charge in [-0.3, -0.25) is 0 Å². The van der Waals surface area contributed by atoms with Crippen molar-refractivity contribution in [3.63, 3.8) is 0 Å². The molecule has 1 aromatic heterocycles. The number of nitriles is 1. The van der Waals surface area contributed by atoms with Gasteiger partial charge in [0.1, 0.15) is 0 Å². The van der Waals surface area contributed by atoms with Crippen LogP contribution in [0.2, 0.25) is 0 Å². The Hall–Kier alpha value is -2.74. The molecule has 3 rings (SSSR count). The number of aromatic amines is 1. The van der Waals surface area contributed by atoms with Gasteiger partial charge in [0.25, 0.3) is 0 Å². The summed E-state index contributed by atoms with van der Waals surface area (Å²) in [5.41, 5.74) is 3.16. The van der Waals surface area contributed by atoms with Gasteiger partial charge in [-0.15, -0.1) is 0 Å². The number of nitrogens with one attached hydrogen (secondary N) is 1. The molecule has 0 saturated carbocycles. The molecule has 24 heavy (non-hydrogen) atoms. The van der Waals surface area contributed by atoms with Crippen LogP contribution >= 0.6 is 0 Å². The van der Waals surface area contributed by atoms with E-state index in [1.165, 1.54) is 4.90 Å². The Morgan fingerprint density at radius 1 is 1.42 bits per heavy atom. The summed E-state index contributed by atoms with van der Waals surface area (Å²) in [4.78, 5) is 16.2. The van der Waals surface area contributed by atoms with Crippen molar-refractivity contribution >= 4 is 23.1 Å². The van der Waals surface area contributed by atoms with Crippen molar-refractivity contribution in [2.75, 3.05) is 6.54 Å². The topological polar surface area (TPSA) is 80.1 Å². The maximum Gasteiger partial charge on any atom is 0.407 e. The predicted octanol–water partition coefficient (Wildman–Crippen LogP) is 4.17. The van der Waals surface area contributed by atoms with Gasteiger partial charge < -0.3 is 15.0 Å². The van der Waals surface area contributed by atoms with Crippen molar-refractivity contribution in [1.29, 1.82) is 5.26 Å². The Kier molecular flexibility index (Phi) is 4.85. The van der Waals surface area contributed by atoms with Crippen LogP contribution in [0.3, 0.4) is 0 Å². The summed E-state index contributed by atoms with van der Waals surface area (Å²) in [7, 11) is 0. The first-order valence-corrected chi connectivity index (χ1v) is 8.34. The lowest BCUT2D eigenvalue weighted by atomic mass is 10.0. The largest absolute Gasteiger partial charge is 0.465 e. The van der Waals surface area contributed by atoms with Gasteiger partial charge in [-0.2, -0.15) is 5.26 Å². The molecule has 124 valence electrons. The van der Waals surface area contributed by atoms with E-state index >= 15 is 0 Å². The smallest absolute Gasteiger partial charge is 0.407 e. The third-order valence-corrected chi connectivity index (χ3v) is 4.53. The van der Waals surface area contributed by atoms with E-state index in [1.54, 1.807) is 0 Å². The first-order valence-electron chi connectivity index (χ1n) is 8.34. The fraction of sp³-hybridized carbons (Fsp3) is 0.368. The van der Waals surface area contributed by atoms with E-state index in [0.29, 0.717) is 13.0 Å². The van der Waals surface area contributed by atoms with E-state index in [2.05, 4.69) is 29.3 Å². The number of nitrogens with zero attached hydrogens (tertiary/aromatic N) is 2. The Bertz CT molecular complexity index is 801. The van der Waals surface area contributed by atoms with Crippen LogP contribution < -0.4 is 0 Å². The second kappa shape index (κ2) is 7.22. The Morgan fingerprint density at radius 3 is 3.08 bits per heavy atom. The number of aromatic nitrogens is 1. The molecule has 1 aliphatic rings. The summed E-state index contributed by atoms with van der Waals surface area (Å²) in [5, 5.41) is 19.1. The summed E-state index contributed by atoms with van der Waals surface area (Å²) < 4.78 is 0. The Morgan fingerprint density at radius 2 is 2.29 bits per heavy atom. The quantitative estimate of drug-likeness (QED) is 0.886. The maximum atomic E-state index is 11.3. The number of benzene rings is 1. The summed E-state index contributed by atoms with van der Waals surface area (Å²) in [6.45, 7) is 0.610. The van der Waals surface area contributed by atoms with Crippen LogP contribution in [-0.2, 0) is 6.42 Å². The highest BCUT2D eigenvalue weighted by molar-refractivity contribution is 5.83. The molecule has 0 radical (unpaired) electrons. The van der Waals surface area contributed by atoms with E-state index in [0.717, 1.165) is 47.8 Å². The molecule has 2 heterocycles. The number of aryl methyl sites for hydroxylation is 1. The first kappa shape index (κ1) is 16.1. The molecule has 1 amide bonds. The molecule has 5 nitrogen and oxygen atoms in total. The highest BCUT2D eigenvalue weighted by atomic mass is 16.4. The molecule has 1 fully saturated rings. The third kappa shape index (κ3) is 3.60. The van der Waals surface area contributed by atoms with Crippen LogP contribution in [0.15, 0.2) is 30.3 Å². The lowest BCUT2D eigenvalue weighted by molar-refractivity contribution is 0.120. The van der Waals surface area contributed by atoms with Gasteiger partial charge >= 0.3 is 6.09 Å². The lowest BCUT2D eigenvalue weighted by Gasteiger charge is -2.31. The molecule has 5 heteroatoms. The van der Waals surface area contributed by atoms with Crippen molar-refractivity contribution in [1.82, 2.24) is 9.88 Å². The maximum absolute atomic E-state index is 11.3. The molecule has 1 saturated heterocycles. The first-order chi connectivity index (χ1) is 11.7. The molecule has 2 N–H and O–H groups in total. The zero-order chi connectivity index (χ0) is 16.9. The van der Waals surface area contributed by atoms with Crippen molar-refractivity contribution in [2.45, 2.75) is 38.1 Å². The van der Waals surface area contributed by atoms with Crippen molar-refractivity contribution in [3.05, 3.63) is 41.6 Å². The van der Waals surface area contributed by atoms with Gasteiger partial charge in [0.2, 0.25) is 0 Å². The normalized spacial score (nSPS) is 18.1. The monoisotopic (exact) mass is 323 g/mol. The standard InChI is InChI=1S/C19H21N3O2/c20-10-3-4-14-6-7-15-13-16(21-18(15)12-14)8-9-17-5-1-2-11-22(17)19(23)24/h6-9,12-13,17,21H,1-5,11H2,(H,23,24)/t17-/m0/s1. The molecule has 1 aromatic carbocycles. The summed E-state index contributed by atoms with van der Waals surface area (Å²) in [5.74, 6) is 0. The average molecular weight is 323 g/mol. The van der Waals surface area contributed by atoms with Gasteiger partial charge in [0.15, 0.2) is 0 Å². The number of carboxylic acid groups (broad SMARTS) is 1. The minimum Gasteiger partial charge on any atom is -0.465 e. The molecule has 0 unspecified atom stereocenters. The number of likely N-dealkylation sites (tertiary alicyclic amines) is 1. The van der Waals surface area contributed by atoms with Gasteiger partial charge in [-0.05, 0) is 54.8 Å².